The van der Waals surface area contributed by atoms with Crippen molar-refractivity contribution in [2.24, 2.45) is 0 Å². The highest BCUT2D eigenvalue weighted by Crippen LogP contribution is 2.24. The van der Waals surface area contributed by atoms with Crippen molar-refractivity contribution in [2.75, 3.05) is 18.0 Å². The monoisotopic (exact) mass is 298 g/mol. The summed E-state index contributed by atoms with van der Waals surface area (Å²) in [6.45, 7) is 5.49. The van der Waals surface area contributed by atoms with E-state index in [9.17, 15) is 4.79 Å². The first-order valence-corrected chi connectivity index (χ1v) is 7.30. The van der Waals surface area contributed by atoms with Crippen LogP contribution < -0.4 is 4.90 Å². The highest BCUT2D eigenvalue weighted by atomic mass is 16.5. The smallest absolute Gasteiger partial charge is 0.160 e. The molecule has 3 rings (SSSR count). The topological polar surface area (TPSA) is 68.2 Å². The number of ether oxygens (including phenoxy) is 1. The van der Waals surface area contributed by atoms with E-state index in [-0.39, 0.29) is 12.2 Å². The standard InChI is InChI=1S/C16H18N4O2/c1-11-8-20(9-12(2)22-11)16-14(10-21)6-13(7-19-16)15-17-4-3-5-18-15/h3-7,10-12H,8-9H2,1-2H3. The van der Waals surface area contributed by atoms with E-state index in [2.05, 4.69) is 19.9 Å². The van der Waals surface area contributed by atoms with E-state index < -0.39 is 0 Å². The molecule has 0 aliphatic carbocycles. The van der Waals surface area contributed by atoms with Crippen LogP contribution >= 0.6 is 0 Å². The summed E-state index contributed by atoms with van der Waals surface area (Å²) < 4.78 is 5.73. The van der Waals surface area contributed by atoms with Gasteiger partial charge >= 0.3 is 0 Å². The van der Waals surface area contributed by atoms with Crippen molar-refractivity contribution < 1.29 is 9.53 Å². The zero-order chi connectivity index (χ0) is 15.5. The number of pyridine rings is 1. The third-order valence-electron chi connectivity index (χ3n) is 3.57. The predicted molar refractivity (Wildman–Crippen MR) is 82.9 cm³/mol. The van der Waals surface area contributed by atoms with Gasteiger partial charge in [0.05, 0.1) is 17.8 Å². The summed E-state index contributed by atoms with van der Waals surface area (Å²) in [4.78, 5) is 26.4. The van der Waals surface area contributed by atoms with Crippen LogP contribution in [0.25, 0.3) is 11.4 Å². The van der Waals surface area contributed by atoms with Crippen molar-refractivity contribution in [2.45, 2.75) is 26.1 Å². The molecule has 0 spiro atoms. The summed E-state index contributed by atoms with van der Waals surface area (Å²) >= 11 is 0. The Balaban J connectivity index is 1.94. The molecule has 6 nitrogen and oxygen atoms in total. The van der Waals surface area contributed by atoms with E-state index in [4.69, 9.17) is 4.74 Å². The van der Waals surface area contributed by atoms with Crippen LogP contribution in [0.2, 0.25) is 0 Å². The minimum atomic E-state index is 0.113. The van der Waals surface area contributed by atoms with Crippen LogP contribution in [0, 0.1) is 0 Å². The van der Waals surface area contributed by atoms with Crippen molar-refractivity contribution in [3.63, 3.8) is 0 Å². The van der Waals surface area contributed by atoms with Crippen LogP contribution in [-0.2, 0) is 4.74 Å². The maximum absolute atomic E-state index is 11.5. The van der Waals surface area contributed by atoms with Gasteiger partial charge in [-0.3, -0.25) is 4.79 Å². The fraction of sp³-hybridized carbons (Fsp3) is 0.375. The van der Waals surface area contributed by atoms with Gasteiger partial charge in [-0.2, -0.15) is 0 Å². The molecule has 114 valence electrons. The SMILES string of the molecule is CC1CN(c2ncc(-c3ncccn3)cc2C=O)CC(C)O1. The number of hydrogen-bond donors (Lipinski definition) is 0. The summed E-state index contributed by atoms with van der Waals surface area (Å²) in [7, 11) is 0. The largest absolute Gasteiger partial charge is 0.372 e. The fourth-order valence-electron chi connectivity index (χ4n) is 2.75. The number of nitrogens with zero attached hydrogens (tertiary/aromatic N) is 4. The molecule has 22 heavy (non-hydrogen) atoms. The first kappa shape index (κ1) is 14.6. The highest BCUT2D eigenvalue weighted by molar-refractivity contribution is 5.85. The van der Waals surface area contributed by atoms with Crippen LogP contribution in [0.5, 0.6) is 0 Å². The Kier molecular flexibility index (Phi) is 4.11. The van der Waals surface area contributed by atoms with Crippen LogP contribution in [0.3, 0.4) is 0 Å². The van der Waals surface area contributed by atoms with E-state index in [0.717, 1.165) is 24.9 Å². The molecule has 1 fully saturated rings. The first-order chi connectivity index (χ1) is 10.7. The molecular weight excluding hydrogens is 280 g/mol. The van der Waals surface area contributed by atoms with Gasteiger partial charge in [-0.1, -0.05) is 0 Å². The zero-order valence-corrected chi connectivity index (χ0v) is 12.6. The quantitative estimate of drug-likeness (QED) is 0.807. The average molecular weight is 298 g/mol. The maximum Gasteiger partial charge on any atom is 0.160 e. The molecule has 0 amide bonds. The number of carbonyl (C=O) groups is 1. The lowest BCUT2D eigenvalue weighted by Crippen LogP contribution is -2.46. The van der Waals surface area contributed by atoms with E-state index >= 15 is 0 Å². The number of hydrogen-bond acceptors (Lipinski definition) is 6. The molecule has 2 aromatic rings. The van der Waals surface area contributed by atoms with Crippen LogP contribution in [0.15, 0.2) is 30.7 Å². The van der Waals surface area contributed by atoms with Crippen molar-refractivity contribution >= 4 is 12.1 Å². The summed E-state index contributed by atoms with van der Waals surface area (Å²) in [6.07, 6.45) is 6.11. The molecule has 1 aliphatic rings. The number of aromatic nitrogens is 3. The summed E-state index contributed by atoms with van der Waals surface area (Å²) in [5.74, 6) is 1.25. The Morgan fingerprint density at radius 1 is 1.18 bits per heavy atom. The minimum Gasteiger partial charge on any atom is -0.372 e. The van der Waals surface area contributed by atoms with Crippen LogP contribution in [-0.4, -0.2) is 46.5 Å². The molecule has 0 aromatic carbocycles. The van der Waals surface area contributed by atoms with Gasteiger partial charge in [0.2, 0.25) is 0 Å². The fourth-order valence-corrected chi connectivity index (χ4v) is 2.75. The molecule has 1 saturated heterocycles. The molecule has 2 aromatic heterocycles. The third kappa shape index (κ3) is 2.96. The van der Waals surface area contributed by atoms with Gasteiger partial charge in [0.25, 0.3) is 0 Å². The second-order valence-corrected chi connectivity index (χ2v) is 5.49. The van der Waals surface area contributed by atoms with Gasteiger partial charge < -0.3 is 9.64 Å². The van der Waals surface area contributed by atoms with Gasteiger partial charge in [0.1, 0.15) is 5.82 Å². The number of carbonyl (C=O) groups excluding carboxylic acids is 1. The van der Waals surface area contributed by atoms with Gasteiger partial charge in [-0.25, -0.2) is 15.0 Å². The number of morpholine rings is 1. The van der Waals surface area contributed by atoms with Gasteiger partial charge in [-0.15, -0.1) is 0 Å². The second-order valence-electron chi connectivity index (χ2n) is 5.49. The normalized spacial score (nSPS) is 21.6. The highest BCUT2D eigenvalue weighted by Gasteiger charge is 2.25. The number of rotatable bonds is 3. The molecule has 2 atom stereocenters. The molecule has 0 saturated carbocycles. The van der Waals surface area contributed by atoms with Crippen molar-refractivity contribution in [1.29, 1.82) is 0 Å². The molecule has 2 unspecified atom stereocenters. The van der Waals surface area contributed by atoms with Gasteiger partial charge in [0.15, 0.2) is 12.1 Å². The lowest BCUT2D eigenvalue weighted by Gasteiger charge is -2.36. The van der Waals surface area contributed by atoms with Crippen LogP contribution in [0.4, 0.5) is 5.82 Å². The lowest BCUT2D eigenvalue weighted by atomic mass is 10.1. The van der Waals surface area contributed by atoms with Gasteiger partial charge in [-0.05, 0) is 26.0 Å². The number of anilines is 1. The second kappa shape index (κ2) is 6.19. The van der Waals surface area contributed by atoms with Crippen molar-refractivity contribution in [1.82, 2.24) is 15.0 Å². The number of aldehydes is 1. The maximum atomic E-state index is 11.5. The molecule has 6 heteroatoms. The molecule has 0 radical (unpaired) electrons. The molecule has 0 bridgehead atoms. The Labute approximate surface area is 129 Å². The first-order valence-electron chi connectivity index (χ1n) is 7.30. The van der Waals surface area contributed by atoms with E-state index in [1.807, 2.05) is 13.8 Å². The van der Waals surface area contributed by atoms with Gasteiger partial charge in [0, 0.05) is 37.2 Å². The lowest BCUT2D eigenvalue weighted by molar-refractivity contribution is -0.00549. The summed E-state index contributed by atoms with van der Waals surface area (Å²) in [5.41, 5.74) is 1.28. The van der Waals surface area contributed by atoms with Crippen LogP contribution in [0.1, 0.15) is 24.2 Å². The average Bonchev–Trinajstić information content (AvgIpc) is 2.54. The Bertz CT molecular complexity index is 652. The molecule has 3 heterocycles. The zero-order valence-electron chi connectivity index (χ0n) is 12.6. The Hall–Kier alpha value is -2.34. The van der Waals surface area contributed by atoms with E-state index in [0.29, 0.717) is 17.2 Å². The minimum absolute atomic E-state index is 0.113. The van der Waals surface area contributed by atoms with E-state index in [1.165, 1.54) is 0 Å². The third-order valence-corrected chi connectivity index (χ3v) is 3.57. The predicted octanol–water partition coefficient (Wildman–Crippen LogP) is 1.96. The van der Waals surface area contributed by atoms with Crippen molar-refractivity contribution in [3.05, 3.63) is 36.3 Å². The Morgan fingerprint density at radius 3 is 2.50 bits per heavy atom. The Morgan fingerprint density at radius 2 is 1.86 bits per heavy atom. The molecular formula is C16H18N4O2. The summed E-state index contributed by atoms with van der Waals surface area (Å²) in [5, 5.41) is 0. The molecule has 1 aliphatic heterocycles. The van der Waals surface area contributed by atoms with E-state index in [1.54, 1.807) is 30.7 Å². The summed E-state index contributed by atoms with van der Waals surface area (Å²) in [6, 6.07) is 3.54. The van der Waals surface area contributed by atoms with Crippen molar-refractivity contribution in [3.8, 4) is 11.4 Å². The molecule has 0 N–H and O–H groups in total.